The lowest BCUT2D eigenvalue weighted by molar-refractivity contribution is -0.139. The zero-order chi connectivity index (χ0) is 27.2. The van der Waals surface area contributed by atoms with Crippen molar-refractivity contribution in [1.29, 1.82) is 0 Å². The van der Waals surface area contributed by atoms with Gasteiger partial charge in [0.15, 0.2) is 0 Å². The third-order valence-electron chi connectivity index (χ3n) is 7.29. The maximum absolute atomic E-state index is 15.5. The lowest BCUT2D eigenvalue weighted by atomic mass is 9.79. The second-order valence-electron chi connectivity index (χ2n) is 9.85. The number of methoxy groups -OCH3 is 1. The number of aliphatic carboxylic acids is 1. The molecule has 8 heteroatoms. The number of carbonyl (C=O) groups is 1. The van der Waals surface area contributed by atoms with E-state index in [1.165, 1.54) is 0 Å². The SMILES string of the molecule is COc1ccc2nccc(C(F)CC[C@@H]3CCN(CC#Cc4c(C)cc(Cl)cc4Cl)C[C@@H]3CC(=O)O)c2c1. The van der Waals surface area contributed by atoms with E-state index in [4.69, 9.17) is 27.9 Å². The van der Waals surface area contributed by atoms with Crippen molar-refractivity contribution in [2.75, 3.05) is 26.7 Å². The highest BCUT2D eigenvalue weighted by atomic mass is 35.5. The van der Waals surface area contributed by atoms with Crippen molar-refractivity contribution in [3.05, 3.63) is 69.3 Å². The first-order valence-electron chi connectivity index (χ1n) is 12.7. The summed E-state index contributed by atoms with van der Waals surface area (Å²) in [5.41, 5.74) is 2.98. The summed E-state index contributed by atoms with van der Waals surface area (Å²) >= 11 is 12.3. The van der Waals surface area contributed by atoms with Crippen molar-refractivity contribution >= 4 is 40.1 Å². The Morgan fingerprint density at radius 3 is 2.82 bits per heavy atom. The van der Waals surface area contributed by atoms with Crippen molar-refractivity contribution in [3.63, 3.8) is 0 Å². The number of likely N-dealkylation sites (tertiary alicyclic amines) is 1. The third-order valence-corrected chi connectivity index (χ3v) is 7.81. The number of hydrogen-bond donors (Lipinski definition) is 1. The monoisotopic (exact) mass is 556 g/mol. The molecule has 1 aliphatic heterocycles. The number of carboxylic acid groups (broad SMARTS) is 1. The Hall–Kier alpha value is -2.85. The molecule has 1 fully saturated rings. The normalized spacial score (nSPS) is 18.6. The van der Waals surface area contributed by atoms with E-state index in [0.29, 0.717) is 47.3 Å². The van der Waals surface area contributed by atoms with Crippen LogP contribution in [0.5, 0.6) is 5.75 Å². The fourth-order valence-electron chi connectivity index (χ4n) is 5.30. The average molecular weight is 557 g/mol. The Kier molecular flexibility index (Phi) is 9.49. The maximum Gasteiger partial charge on any atom is 0.303 e. The molecule has 0 saturated carbocycles. The van der Waals surface area contributed by atoms with E-state index in [2.05, 4.69) is 21.7 Å². The molecule has 3 atom stereocenters. The lowest BCUT2D eigenvalue weighted by Gasteiger charge is -2.37. The van der Waals surface area contributed by atoms with E-state index < -0.39 is 12.1 Å². The minimum Gasteiger partial charge on any atom is -0.497 e. The van der Waals surface area contributed by atoms with E-state index in [0.717, 1.165) is 35.0 Å². The topological polar surface area (TPSA) is 62.7 Å². The van der Waals surface area contributed by atoms with Crippen LogP contribution in [-0.4, -0.2) is 47.7 Å². The van der Waals surface area contributed by atoms with Gasteiger partial charge in [-0.25, -0.2) is 4.39 Å². The van der Waals surface area contributed by atoms with Crippen LogP contribution >= 0.6 is 23.2 Å². The molecule has 0 aliphatic carbocycles. The molecule has 2 aromatic carbocycles. The van der Waals surface area contributed by atoms with Gasteiger partial charge in [-0.2, -0.15) is 0 Å². The van der Waals surface area contributed by atoms with Gasteiger partial charge in [0.2, 0.25) is 0 Å². The van der Waals surface area contributed by atoms with E-state index in [-0.39, 0.29) is 18.3 Å². The van der Waals surface area contributed by atoms with Crippen molar-refractivity contribution in [2.45, 2.75) is 38.8 Å². The van der Waals surface area contributed by atoms with Crippen LogP contribution in [0, 0.1) is 30.6 Å². The molecule has 5 nitrogen and oxygen atoms in total. The van der Waals surface area contributed by atoms with Crippen molar-refractivity contribution in [1.82, 2.24) is 9.88 Å². The Balaban J connectivity index is 1.40. The summed E-state index contributed by atoms with van der Waals surface area (Å²) in [4.78, 5) is 18.1. The van der Waals surface area contributed by atoms with Gasteiger partial charge in [-0.3, -0.25) is 14.7 Å². The molecule has 1 N–H and O–H groups in total. The largest absolute Gasteiger partial charge is 0.497 e. The van der Waals surface area contributed by atoms with Crippen molar-refractivity contribution in [2.24, 2.45) is 11.8 Å². The van der Waals surface area contributed by atoms with Crippen LogP contribution < -0.4 is 4.74 Å². The van der Waals surface area contributed by atoms with Gasteiger partial charge in [-0.1, -0.05) is 35.0 Å². The van der Waals surface area contributed by atoms with Gasteiger partial charge in [0, 0.05) is 35.1 Å². The molecule has 0 radical (unpaired) electrons. The first-order chi connectivity index (χ1) is 18.2. The Morgan fingerprint density at radius 1 is 1.26 bits per heavy atom. The first-order valence-corrected chi connectivity index (χ1v) is 13.5. The molecule has 3 aromatic rings. The van der Waals surface area contributed by atoms with Crippen LogP contribution in [-0.2, 0) is 4.79 Å². The summed E-state index contributed by atoms with van der Waals surface area (Å²) in [6, 6.07) is 10.7. The zero-order valence-electron chi connectivity index (χ0n) is 21.5. The number of fused-ring (bicyclic) bond motifs is 1. The molecule has 2 heterocycles. The number of hydrogen-bond acceptors (Lipinski definition) is 4. The van der Waals surface area contributed by atoms with Gasteiger partial charge in [-0.15, -0.1) is 0 Å². The van der Waals surface area contributed by atoms with E-state index >= 15 is 4.39 Å². The zero-order valence-corrected chi connectivity index (χ0v) is 23.0. The number of ether oxygens (including phenoxy) is 1. The highest BCUT2D eigenvalue weighted by Crippen LogP contribution is 2.36. The molecule has 0 amide bonds. The van der Waals surface area contributed by atoms with E-state index in [1.54, 1.807) is 25.4 Å². The van der Waals surface area contributed by atoms with Gasteiger partial charge in [0.05, 0.1) is 24.2 Å². The average Bonchev–Trinajstić information content (AvgIpc) is 2.88. The quantitative estimate of drug-likeness (QED) is 0.299. The van der Waals surface area contributed by atoms with E-state index in [1.807, 2.05) is 31.2 Å². The molecular formula is C30H31Cl2FN2O3. The van der Waals surface area contributed by atoms with Crippen LogP contribution in [0.3, 0.4) is 0 Å². The number of aryl methyl sites for hydroxylation is 1. The van der Waals surface area contributed by atoms with Crippen molar-refractivity contribution in [3.8, 4) is 17.6 Å². The molecule has 1 aromatic heterocycles. The van der Waals surface area contributed by atoms with Crippen molar-refractivity contribution < 1.29 is 19.0 Å². The molecule has 38 heavy (non-hydrogen) atoms. The summed E-state index contributed by atoms with van der Waals surface area (Å²) in [6.07, 6.45) is 2.26. The number of pyridine rings is 1. The Labute approximate surface area is 232 Å². The standard InChI is InChI=1S/C30H31Cl2FN2O3/c1-19-14-22(31)16-27(32)24(19)4-3-12-35-13-10-20(21(18-35)15-30(36)37)5-7-28(33)25-9-11-34-29-8-6-23(38-2)17-26(25)29/h6,8-9,11,14,16-17,20-21,28H,5,7,10,12-13,15,18H2,1-2H3,(H,36,37)/t20-,21+,28?/m1/s1. The summed E-state index contributed by atoms with van der Waals surface area (Å²) in [5, 5.41) is 11.4. The molecule has 1 aliphatic rings. The number of nitrogens with zero attached hydrogens (tertiary/aromatic N) is 2. The summed E-state index contributed by atoms with van der Waals surface area (Å²) in [7, 11) is 1.58. The van der Waals surface area contributed by atoms with Crippen LogP contribution in [0.25, 0.3) is 10.9 Å². The summed E-state index contributed by atoms with van der Waals surface area (Å²) in [5.74, 6) is 6.21. The van der Waals surface area contributed by atoms with Crippen LogP contribution in [0.4, 0.5) is 4.39 Å². The molecule has 0 spiro atoms. The second-order valence-corrected chi connectivity index (χ2v) is 10.7. The highest BCUT2D eigenvalue weighted by molar-refractivity contribution is 6.35. The lowest BCUT2D eigenvalue weighted by Crippen LogP contribution is -2.41. The minimum absolute atomic E-state index is 0.0586. The molecular weight excluding hydrogens is 526 g/mol. The number of piperidine rings is 1. The fourth-order valence-corrected chi connectivity index (χ4v) is 5.94. The molecule has 4 rings (SSSR count). The number of rotatable bonds is 8. The fraction of sp³-hybridized carbons (Fsp3) is 0.400. The second kappa shape index (κ2) is 12.8. The van der Waals surface area contributed by atoms with Gasteiger partial charge in [0.25, 0.3) is 0 Å². The number of benzene rings is 2. The third kappa shape index (κ3) is 6.96. The van der Waals surface area contributed by atoms with Crippen LogP contribution in [0.1, 0.15) is 48.5 Å². The number of alkyl halides is 1. The van der Waals surface area contributed by atoms with Gasteiger partial charge < -0.3 is 9.84 Å². The van der Waals surface area contributed by atoms with Crippen LogP contribution in [0.15, 0.2) is 42.6 Å². The molecule has 1 saturated heterocycles. The van der Waals surface area contributed by atoms with E-state index in [9.17, 15) is 9.90 Å². The maximum atomic E-state index is 15.5. The smallest absolute Gasteiger partial charge is 0.303 e. The van der Waals surface area contributed by atoms with Gasteiger partial charge >= 0.3 is 5.97 Å². The van der Waals surface area contributed by atoms with Gasteiger partial charge in [0.1, 0.15) is 11.9 Å². The van der Waals surface area contributed by atoms with Gasteiger partial charge in [-0.05, 0) is 92.1 Å². The Bertz CT molecular complexity index is 1350. The Morgan fingerprint density at radius 2 is 2.08 bits per heavy atom. The molecule has 0 bridgehead atoms. The number of aromatic nitrogens is 1. The number of halogens is 3. The predicted molar refractivity (Wildman–Crippen MR) is 150 cm³/mol. The molecule has 1 unspecified atom stereocenters. The first kappa shape index (κ1) is 28.2. The summed E-state index contributed by atoms with van der Waals surface area (Å²) in [6.45, 7) is 3.83. The number of carboxylic acids is 1. The predicted octanol–water partition coefficient (Wildman–Crippen LogP) is 7.11. The summed E-state index contributed by atoms with van der Waals surface area (Å²) < 4.78 is 20.8. The van der Waals surface area contributed by atoms with Crippen LogP contribution in [0.2, 0.25) is 10.0 Å². The minimum atomic E-state index is -1.17. The molecule has 200 valence electrons. The highest BCUT2D eigenvalue weighted by Gasteiger charge is 2.31.